The fourth-order valence-corrected chi connectivity index (χ4v) is 3.56. The van der Waals surface area contributed by atoms with Crippen molar-refractivity contribution in [2.75, 3.05) is 36.3 Å². The van der Waals surface area contributed by atoms with Crippen LogP contribution >= 0.6 is 0 Å². The van der Waals surface area contributed by atoms with Crippen molar-refractivity contribution in [3.05, 3.63) is 90.1 Å². The first-order valence-corrected chi connectivity index (χ1v) is 9.87. The van der Waals surface area contributed by atoms with Gasteiger partial charge in [0.1, 0.15) is 11.4 Å². The zero-order valence-corrected chi connectivity index (χ0v) is 17.6. The van der Waals surface area contributed by atoms with Crippen LogP contribution in [0.3, 0.4) is 0 Å². The molecule has 0 fully saturated rings. The Labute approximate surface area is 181 Å². The third kappa shape index (κ3) is 3.75. The topological polar surface area (TPSA) is 61.9 Å². The van der Waals surface area contributed by atoms with Crippen LogP contribution in [0.4, 0.5) is 17.1 Å². The fourth-order valence-electron chi connectivity index (χ4n) is 3.56. The van der Waals surface area contributed by atoms with E-state index in [2.05, 4.69) is 5.32 Å². The number of carbonyl (C=O) groups excluding carboxylic acids is 2. The number of nitrogens with one attached hydrogen (secondary N) is 1. The molecule has 3 aromatic rings. The quantitative estimate of drug-likeness (QED) is 0.615. The molecule has 0 aliphatic carbocycles. The van der Waals surface area contributed by atoms with E-state index >= 15 is 0 Å². The van der Waals surface area contributed by atoms with E-state index in [1.54, 1.807) is 25.3 Å². The maximum Gasteiger partial charge on any atom is 0.282 e. The van der Waals surface area contributed by atoms with Crippen molar-refractivity contribution in [1.82, 2.24) is 0 Å². The van der Waals surface area contributed by atoms with E-state index in [4.69, 9.17) is 4.74 Å². The molecule has 6 heteroatoms. The van der Waals surface area contributed by atoms with E-state index in [9.17, 15) is 9.59 Å². The lowest BCUT2D eigenvalue weighted by Gasteiger charge is -2.19. The predicted molar refractivity (Wildman–Crippen MR) is 123 cm³/mol. The number of amides is 2. The Bertz CT molecular complexity index is 1170. The van der Waals surface area contributed by atoms with E-state index in [-0.39, 0.29) is 11.3 Å². The minimum atomic E-state index is -0.411. The zero-order valence-electron chi connectivity index (χ0n) is 17.6. The van der Waals surface area contributed by atoms with E-state index in [1.165, 1.54) is 4.90 Å². The molecule has 1 aliphatic rings. The molecule has 1 aliphatic heterocycles. The highest BCUT2D eigenvalue weighted by Crippen LogP contribution is 2.37. The van der Waals surface area contributed by atoms with Gasteiger partial charge in [0.05, 0.1) is 18.4 Å². The summed E-state index contributed by atoms with van der Waals surface area (Å²) >= 11 is 0. The largest absolute Gasteiger partial charge is 0.496 e. The molecular weight excluding hydrogens is 390 g/mol. The summed E-state index contributed by atoms with van der Waals surface area (Å²) in [6.07, 6.45) is 0. The van der Waals surface area contributed by atoms with Crippen molar-refractivity contribution in [3.63, 3.8) is 0 Å². The van der Waals surface area contributed by atoms with Gasteiger partial charge < -0.3 is 15.0 Å². The molecule has 1 heterocycles. The van der Waals surface area contributed by atoms with Crippen molar-refractivity contribution in [2.45, 2.75) is 0 Å². The smallest absolute Gasteiger partial charge is 0.282 e. The summed E-state index contributed by atoms with van der Waals surface area (Å²) in [5.74, 6) is -0.288. The van der Waals surface area contributed by atoms with E-state index in [0.717, 1.165) is 11.4 Å². The highest BCUT2D eigenvalue weighted by molar-refractivity contribution is 6.46. The van der Waals surface area contributed by atoms with Gasteiger partial charge in [-0.05, 0) is 36.4 Å². The molecule has 0 atom stereocenters. The molecule has 3 aromatic carbocycles. The predicted octanol–water partition coefficient (Wildman–Crippen LogP) is 4.16. The fraction of sp³-hybridized carbons (Fsp3) is 0.120. The summed E-state index contributed by atoms with van der Waals surface area (Å²) < 4.78 is 5.48. The lowest BCUT2D eigenvalue weighted by atomic mass is 10.0. The van der Waals surface area contributed by atoms with Gasteiger partial charge in [-0.25, -0.2) is 4.90 Å². The number of carbonyl (C=O) groups is 2. The molecule has 0 spiro atoms. The number of methoxy groups -OCH3 is 1. The SMILES string of the molecule is COc1ccccc1C1=C(Nc2ccccc2)C(=O)N(c2cccc(N(C)C)c2)C1=O. The summed E-state index contributed by atoms with van der Waals surface area (Å²) in [5, 5.41) is 3.16. The Morgan fingerprint density at radius 3 is 2.26 bits per heavy atom. The third-order valence-electron chi connectivity index (χ3n) is 5.11. The van der Waals surface area contributed by atoms with Gasteiger partial charge in [0.25, 0.3) is 11.8 Å². The Morgan fingerprint density at radius 2 is 1.55 bits per heavy atom. The van der Waals surface area contributed by atoms with Crippen molar-refractivity contribution in [1.29, 1.82) is 0 Å². The molecule has 0 radical (unpaired) electrons. The molecule has 6 nitrogen and oxygen atoms in total. The second-order valence-corrected chi connectivity index (χ2v) is 7.30. The first-order chi connectivity index (χ1) is 15.0. The van der Waals surface area contributed by atoms with Crippen molar-refractivity contribution in [3.8, 4) is 5.75 Å². The molecule has 0 aromatic heterocycles. The number of anilines is 3. The summed E-state index contributed by atoms with van der Waals surface area (Å²) in [7, 11) is 5.37. The van der Waals surface area contributed by atoms with Crippen LogP contribution in [0, 0.1) is 0 Å². The summed E-state index contributed by atoms with van der Waals surface area (Å²) in [6, 6.07) is 23.8. The van der Waals surface area contributed by atoms with Crippen LogP contribution in [-0.4, -0.2) is 33.0 Å². The van der Waals surface area contributed by atoms with Crippen molar-refractivity contribution < 1.29 is 14.3 Å². The van der Waals surface area contributed by atoms with Gasteiger partial charge in [-0.15, -0.1) is 0 Å². The van der Waals surface area contributed by atoms with Crippen molar-refractivity contribution >= 4 is 34.4 Å². The lowest BCUT2D eigenvalue weighted by molar-refractivity contribution is -0.120. The minimum Gasteiger partial charge on any atom is -0.496 e. The average molecular weight is 413 g/mol. The molecule has 0 unspecified atom stereocenters. The Balaban J connectivity index is 1.85. The van der Waals surface area contributed by atoms with E-state index < -0.39 is 11.8 Å². The molecule has 31 heavy (non-hydrogen) atoms. The normalized spacial score (nSPS) is 13.6. The van der Waals surface area contributed by atoms with Gasteiger partial charge in [0.2, 0.25) is 0 Å². The van der Waals surface area contributed by atoms with Crippen LogP contribution in [0.1, 0.15) is 5.56 Å². The van der Waals surface area contributed by atoms with Gasteiger partial charge >= 0.3 is 0 Å². The Morgan fingerprint density at radius 1 is 0.839 bits per heavy atom. The molecule has 156 valence electrons. The minimum absolute atomic E-state index is 0.218. The Kier molecular flexibility index (Phi) is 5.45. The van der Waals surface area contributed by atoms with Crippen LogP contribution in [-0.2, 0) is 9.59 Å². The van der Waals surface area contributed by atoms with Gasteiger partial charge in [0, 0.05) is 31.0 Å². The van der Waals surface area contributed by atoms with E-state index in [0.29, 0.717) is 17.0 Å². The molecular formula is C25H23N3O3. The number of hydrogen-bond acceptors (Lipinski definition) is 5. The first kappa shape index (κ1) is 20.2. The molecule has 0 saturated heterocycles. The van der Waals surface area contributed by atoms with Crippen LogP contribution < -0.4 is 19.9 Å². The number of rotatable bonds is 6. The van der Waals surface area contributed by atoms with Crippen LogP contribution in [0.5, 0.6) is 5.75 Å². The van der Waals surface area contributed by atoms with E-state index in [1.807, 2.05) is 79.7 Å². The lowest BCUT2D eigenvalue weighted by Crippen LogP contribution is -2.32. The Hall–Kier alpha value is -4.06. The third-order valence-corrected chi connectivity index (χ3v) is 5.11. The first-order valence-electron chi connectivity index (χ1n) is 9.87. The second-order valence-electron chi connectivity index (χ2n) is 7.30. The standard InChI is InChI=1S/C25H23N3O3/c1-27(2)18-12-9-13-19(16-18)28-24(29)22(20-14-7-8-15-21(20)31-3)23(25(28)30)26-17-10-5-4-6-11-17/h4-16,26H,1-3H3. The zero-order chi connectivity index (χ0) is 22.0. The number of para-hydroxylation sites is 2. The van der Waals surface area contributed by atoms with Crippen LogP contribution in [0.25, 0.3) is 5.57 Å². The number of nitrogens with zero attached hydrogens (tertiary/aromatic N) is 2. The second kappa shape index (κ2) is 8.36. The highest BCUT2D eigenvalue weighted by atomic mass is 16.5. The highest BCUT2D eigenvalue weighted by Gasteiger charge is 2.41. The number of ether oxygens (including phenoxy) is 1. The average Bonchev–Trinajstić information content (AvgIpc) is 3.03. The summed E-state index contributed by atoms with van der Waals surface area (Å²) in [6.45, 7) is 0. The van der Waals surface area contributed by atoms with Gasteiger partial charge in [-0.3, -0.25) is 9.59 Å². The molecule has 2 amide bonds. The molecule has 0 bridgehead atoms. The molecule has 1 N–H and O–H groups in total. The maximum atomic E-state index is 13.6. The van der Waals surface area contributed by atoms with Gasteiger partial charge in [-0.2, -0.15) is 0 Å². The van der Waals surface area contributed by atoms with Gasteiger partial charge in [-0.1, -0.05) is 42.5 Å². The number of imide groups is 1. The maximum absolute atomic E-state index is 13.6. The number of hydrogen-bond donors (Lipinski definition) is 1. The van der Waals surface area contributed by atoms with Crippen LogP contribution in [0.2, 0.25) is 0 Å². The number of benzene rings is 3. The summed E-state index contributed by atoms with van der Waals surface area (Å²) in [5.41, 5.74) is 3.18. The van der Waals surface area contributed by atoms with Crippen molar-refractivity contribution in [2.24, 2.45) is 0 Å². The van der Waals surface area contributed by atoms with Gasteiger partial charge in [0.15, 0.2) is 0 Å². The molecule has 4 rings (SSSR count). The van der Waals surface area contributed by atoms with Crippen LogP contribution in [0.15, 0.2) is 84.6 Å². The monoisotopic (exact) mass is 413 g/mol. The summed E-state index contributed by atoms with van der Waals surface area (Å²) in [4.78, 5) is 30.3. The molecule has 0 saturated carbocycles.